The minimum atomic E-state index is 0.0322. The van der Waals surface area contributed by atoms with E-state index in [9.17, 15) is 9.59 Å². The number of carbonyl (C=O) groups excluding carboxylic acids is 2. The number of hydrogen-bond donors (Lipinski definition) is 0. The lowest BCUT2D eigenvalue weighted by molar-refractivity contribution is -0.140. The highest BCUT2D eigenvalue weighted by atomic mass is 16.5. The molecule has 0 unspecified atom stereocenters. The van der Waals surface area contributed by atoms with Crippen molar-refractivity contribution in [3.63, 3.8) is 0 Å². The molecule has 2 bridgehead atoms. The number of fused-ring (bicyclic) bond motifs is 4. The number of ether oxygens (including phenoxy) is 1. The van der Waals surface area contributed by atoms with Crippen molar-refractivity contribution in [2.45, 2.75) is 25.5 Å². The Hall–Kier alpha value is -2.08. The SMILES string of the molecule is CN(C)C(=O)N1C[C@@H]2CC[C@H](C1)N(C(=O)COCc1ccccc1)C2. The summed E-state index contributed by atoms with van der Waals surface area (Å²) >= 11 is 0. The summed E-state index contributed by atoms with van der Waals surface area (Å²) in [5, 5.41) is 0. The van der Waals surface area contributed by atoms with Crippen LogP contribution in [0.3, 0.4) is 0 Å². The van der Waals surface area contributed by atoms with Crippen LogP contribution in [0.4, 0.5) is 4.79 Å². The maximum absolute atomic E-state index is 12.6. The van der Waals surface area contributed by atoms with Crippen LogP contribution in [0, 0.1) is 5.92 Å². The molecular weight excluding hydrogens is 318 g/mol. The molecule has 2 atom stereocenters. The van der Waals surface area contributed by atoms with E-state index in [1.54, 1.807) is 19.0 Å². The van der Waals surface area contributed by atoms with Crippen molar-refractivity contribution in [1.82, 2.24) is 14.7 Å². The van der Waals surface area contributed by atoms with Gasteiger partial charge in [-0.1, -0.05) is 30.3 Å². The zero-order valence-electron chi connectivity index (χ0n) is 15.1. The van der Waals surface area contributed by atoms with Gasteiger partial charge in [0.25, 0.3) is 0 Å². The average molecular weight is 345 g/mol. The monoisotopic (exact) mass is 345 g/mol. The lowest BCUT2D eigenvalue weighted by Crippen LogP contribution is -2.49. The molecule has 1 aromatic carbocycles. The van der Waals surface area contributed by atoms with Crippen molar-refractivity contribution in [2.75, 3.05) is 40.3 Å². The maximum atomic E-state index is 12.6. The quantitative estimate of drug-likeness (QED) is 0.836. The Kier molecular flexibility index (Phi) is 5.58. The largest absolute Gasteiger partial charge is 0.367 e. The fraction of sp³-hybridized carbons (Fsp3) is 0.579. The fourth-order valence-corrected chi connectivity index (χ4v) is 3.74. The molecule has 0 aromatic heterocycles. The van der Waals surface area contributed by atoms with Crippen LogP contribution in [-0.4, -0.2) is 73.0 Å². The summed E-state index contributed by atoms with van der Waals surface area (Å²) in [7, 11) is 3.55. The average Bonchev–Trinajstić information content (AvgIpc) is 2.93. The van der Waals surface area contributed by atoms with Crippen LogP contribution in [0.2, 0.25) is 0 Å². The predicted molar refractivity (Wildman–Crippen MR) is 95.0 cm³/mol. The van der Waals surface area contributed by atoms with Crippen LogP contribution in [-0.2, 0) is 16.1 Å². The molecular formula is C19H27N3O3. The second-order valence-electron chi connectivity index (χ2n) is 7.20. The number of hydrogen-bond acceptors (Lipinski definition) is 3. The molecule has 6 heteroatoms. The highest BCUT2D eigenvalue weighted by Gasteiger charge is 2.38. The second kappa shape index (κ2) is 7.87. The van der Waals surface area contributed by atoms with Gasteiger partial charge in [-0.3, -0.25) is 4.79 Å². The zero-order chi connectivity index (χ0) is 17.8. The molecule has 6 nitrogen and oxygen atoms in total. The van der Waals surface area contributed by atoms with Crippen LogP contribution in [0.5, 0.6) is 0 Å². The Bertz CT molecular complexity index is 605. The Labute approximate surface area is 149 Å². The van der Waals surface area contributed by atoms with E-state index in [2.05, 4.69) is 0 Å². The van der Waals surface area contributed by atoms with Gasteiger partial charge >= 0.3 is 6.03 Å². The van der Waals surface area contributed by atoms with Gasteiger partial charge < -0.3 is 19.4 Å². The molecule has 136 valence electrons. The van der Waals surface area contributed by atoms with Crippen molar-refractivity contribution in [2.24, 2.45) is 5.92 Å². The summed E-state index contributed by atoms with van der Waals surface area (Å²) in [6.07, 6.45) is 2.04. The molecule has 1 aromatic rings. The van der Waals surface area contributed by atoms with Gasteiger partial charge in [-0.2, -0.15) is 0 Å². The normalized spacial score (nSPS) is 22.6. The van der Waals surface area contributed by atoms with E-state index in [-0.39, 0.29) is 24.6 Å². The van der Waals surface area contributed by atoms with E-state index in [4.69, 9.17) is 4.74 Å². The van der Waals surface area contributed by atoms with Crippen LogP contribution in [0.15, 0.2) is 30.3 Å². The van der Waals surface area contributed by atoms with Crippen LogP contribution >= 0.6 is 0 Å². The second-order valence-corrected chi connectivity index (χ2v) is 7.20. The molecule has 0 saturated carbocycles. The zero-order valence-corrected chi connectivity index (χ0v) is 15.1. The van der Waals surface area contributed by atoms with Gasteiger partial charge in [0, 0.05) is 39.8 Å². The summed E-state index contributed by atoms with van der Waals surface area (Å²) in [6, 6.07) is 10.0. The summed E-state index contributed by atoms with van der Waals surface area (Å²) in [4.78, 5) is 30.4. The number of urea groups is 1. The Balaban J connectivity index is 1.55. The molecule has 0 aliphatic carbocycles. The molecule has 3 aliphatic heterocycles. The molecule has 0 spiro atoms. The third kappa shape index (κ3) is 4.31. The van der Waals surface area contributed by atoms with Crippen molar-refractivity contribution in [3.05, 3.63) is 35.9 Å². The molecule has 3 fully saturated rings. The van der Waals surface area contributed by atoms with Gasteiger partial charge in [0.1, 0.15) is 6.61 Å². The van der Waals surface area contributed by atoms with E-state index < -0.39 is 0 Å². The first-order valence-electron chi connectivity index (χ1n) is 8.92. The smallest absolute Gasteiger partial charge is 0.319 e. The van der Waals surface area contributed by atoms with Gasteiger partial charge in [-0.25, -0.2) is 4.79 Å². The molecule has 3 saturated heterocycles. The van der Waals surface area contributed by atoms with Crippen LogP contribution < -0.4 is 0 Å². The highest BCUT2D eigenvalue weighted by Crippen LogP contribution is 2.28. The third-order valence-electron chi connectivity index (χ3n) is 5.02. The number of piperidine rings is 1. The van der Waals surface area contributed by atoms with E-state index in [0.29, 0.717) is 19.1 Å². The topological polar surface area (TPSA) is 53.1 Å². The van der Waals surface area contributed by atoms with Crippen molar-refractivity contribution >= 4 is 11.9 Å². The van der Waals surface area contributed by atoms with Gasteiger partial charge in [-0.15, -0.1) is 0 Å². The van der Waals surface area contributed by atoms with Gasteiger partial charge in [0.15, 0.2) is 0 Å². The molecule has 0 N–H and O–H groups in total. The van der Waals surface area contributed by atoms with E-state index >= 15 is 0 Å². The minimum Gasteiger partial charge on any atom is -0.367 e. The first kappa shape index (κ1) is 17.7. The minimum absolute atomic E-state index is 0.0322. The van der Waals surface area contributed by atoms with E-state index in [0.717, 1.165) is 31.5 Å². The number of amides is 3. The van der Waals surface area contributed by atoms with Crippen LogP contribution in [0.1, 0.15) is 18.4 Å². The van der Waals surface area contributed by atoms with E-state index in [1.165, 1.54) is 0 Å². The molecule has 3 amide bonds. The van der Waals surface area contributed by atoms with Crippen molar-refractivity contribution in [3.8, 4) is 0 Å². The Morgan fingerprint density at radius 2 is 1.88 bits per heavy atom. The third-order valence-corrected chi connectivity index (χ3v) is 5.02. The molecule has 4 rings (SSSR count). The standard InChI is InChI=1S/C19H27N3O3/c1-20(2)19(24)21-10-16-8-9-17(12-21)22(11-16)18(23)14-25-13-15-6-4-3-5-7-15/h3-7,16-17H,8-14H2,1-2H3/t16-,17+/m0/s1. The maximum Gasteiger partial charge on any atom is 0.319 e. The summed E-state index contributed by atoms with van der Waals surface area (Å²) < 4.78 is 5.62. The Morgan fingerprint density at radius 1 is 1.12 bits per heavy atom. The lowest BCUT2D eigenvalue weighted by Gasteiger charge is -2.36. The summed E-state index contributed by atoms with van der Waals surface area (Å²) in [5.74, 6) is 0.394. The highest BCUT2D eigenvalue weighted by molar-refractivity contribution is 5.78. The molecule has 3 heterocycles. The number of nitrogens with zero attached hydrogens (tertiary/aromatic N) is 3. The summed E-state index contributed by atoms with van der Waals surface area (Å²) in [5.41, 5.74) is 1.07. The fourth-order valence-electron chi connectivity index (χ4n) is 3.74. The number of benzene rings is 1. The van der Waals surface area contributed by atoms with E-state index in [1.807, 2.05) is 40.1 Å². The summed E-state index contributed by atoms with van der Waals surface area (Å²) in [6.45, 7) is 2.63. The predicted octanol–water partition coefficient (Wildman–Crippen LogP) is 1.81. The van der Waals surface area contributed by atoms with Gasteiger partial charge in [0.05, 0.1) is 6.61 Å². The van der Waals surface area contributed by atoms with Crippen LogP contribution in [0.25, 0.3) is 0 Å². The van der Waals surface area contributed by atoms with Gasteiger partial charge in [-0.05, 0) is 24.3 Å². The molecule has 3 aliphatic rings. The lowest BCUT2D eigenvalue weighted by atomic mass is 9.95. The van der Waals surface area contributed by atoms with Gasteiger partial charge in [0.2, 0.25) is 5.91 Å². The molecule has 0 radical (unpaired) electrons. The number of carbonyl (C=O) groups is 2. The first-order valence-corrected chi connectivity index (χ1v) is 8.92. The molecule has 25 heavy (non-hydrogen) atoms. The van der Waals surface area contributed by atoms with Crippen molar-refractivity contribution in [1.29, 1.82) is 0 Å². The first-order chi connectivity index (χ1) is 12.0. The number of rotatable bonds is 4. The Morgan fingerprint density at radius 3 is 2.60 bits per heavy atom. The van der Waals surface area contributed by atoms with Crippen molar-refractivity contribution < 1.29 is 14.3 Å².